The third-order valence-corrected chi connectivity index (χ3v) is 1.58. The normalized spacial score (nSPS) is 13.2. The molecule has 0 aliphatic rings. The van der Waals surface area contributed by atoms with Gasteiger partial charge in [0.1, 0.15) is 12.8 Å². The molecule has 0 fully saturated rings. The number of hydrogen-bond donors (Lipinski definition) is 1. The van der Waals surface area contributed by atoms with Gasteiger partial charge in [0.05, 0.1) is 0 Å². The van der Waals surface area contributed by atoms with Crippen LogP contribution >= 0.6 is 0 Å². The molecule has 1 N–H and O–H groups in total. The van der Waals surface area contributed by atoms with E-state index in [1.165, 1.54) is 0 Å². The molecule has 0 saturated carbocycles. The van der Waals surface area contributed by atoms with E-state index in [2.05, 4.69) is 20.8 Å². The van der Waals surface area contributed by atoms with Crippen molar-refractivity contribution in [3.8, 4) is 0 Å². The lowest BCUT2D eigenvalue weighted by molar-refractivity contribution is 0.0303. The van der Waals surface area contributed by atoms with Crippen LogP contribution in [0.3, 0.4) is 0 Å². The topological polar surface area (TPSA) is 64.9 Å². The highest BCUT2D eigenvalue weighted by atomic mass is 16.5. The second-order valence-corrected chi connectivity index (χ2v) is 2.46. The molecule has 1 aromatic heterocycles. The van der Waals surface area contributed by atoms with Crippen LogP contribution in [-0.2, 0) is 18.4 Å². The minimum absolute atomic E-state index is 0.0155. The quantitative estimate of drug-likeness (QED) is 0.606. The molecule has 6 heteroatoms. The van der Waals surface area contributed by atoms with Gasteiger partial charge in [-0.2, -0.15) is 0 Å². The molecule has 1 rings (SSSR count). The van der Waals surface area contributed by atoms with Crippen LogP contribution in [0.25, 0.3) is 0 Å². The van der Waals surface area contributed by atoms with Gasteiger partial charge in [-0.25, -0.2) is 4.68 Å². The number of nitrogens with zero attached hydrogens (tertiary/aromatic N) is 4. The molecule has 1 heterocycles. The third kappa shape index (κ3) is 2.24. The number of aromatic nitrogens is 4. The average Bonchev–Trinajstić information content (AvgIpc) is 2.47. The van der Waals surface area contributed by atoms with E-state index in [1.807, 2.05) is 14.0 Å². The van der Waals surface area contributed by atoms with E-state index in [9.17, 15) is 0 Å². The molecule has 0 aliphatic carbocycles. The first-order valence-electron chi connectivity index (χ1n) is 3.74. The molecule has 0 amide bonds. The lowest BCUT2D eigenvalue weighted by Crippen LogP contribution is -2.24. The number of ether oxygens (including phenoxy) is 1. The van der Waals surface area contributed by atoms with E-state index >= 15 is 0 Å². The van der Waals surface area contributed by atoms with E-state index in [1.54, 1.807) is 11.7 Å². The van der Waals surface area contributed by atoms with Crippen LogP contribution in [-0.4, -0.2) is 33.5 Å². The zero-order valence-corrected chi connectivity index (χ0v) is 7.48. The van der Waals surface area contributed by atoms with E-state index < -0.39 is 0 Å². The van der Waals surface area contributed by atoms with Crippen molar-refractivity contribution in [2.45, 2.75) is 19.8 Å². The number of nitrogens with one attached hydrogen (secondary N) is 1. The van der Waals surface area contributed by atoms with Gasteiger partial charge >= 0.3 is 0 Å². The molecular weight excluding hydrogens is 158 g/mol. The second kappa shape index (κ2) is 4.13. The second-order valence-electron chi connectivity index (χ2n) is 2.46. The van der Waals surface area contributed by atoms with Crippen LogP contribution in [0.4, 0.5) is 0 Å². The van der Waals surface area contributed by atoms with Crippen molar-refractivity contribution >= 4 is 0 Å². The zero-order valence-electron chi connectivity index (χ0n) is 7.48. The smallest absolute Gasteiger partial charge is 0.176 e. The van der Waals surface area contributed by atoms with Crippen LogP contribution in [0.1, 0.15) is 12.7 Å². The molecule has 1 unspecified atom stereocenters. The lowest BCUT2D eigenvalue weighted by atomic mass is 10.6. The Morgan fingerprint density at radius 3 is 2.92 bits per heavy atom. The Morgan fingerprint density at radius 2 is 2.42 bits per heavy atom. The SMILES string of the molecule is CNC(C)OCc1nnnn1C. The monoisotopic (exact) mass is 171 g/mol. The van der Waals surface area contributed by atoms with Gasteiger partial charge in [0.2, 0.25) is 0 Å². The summed E-state index contributed by atoms with van der Waals surface area (Å²) in [6.45, 7) is 2.34. The number of tetrazole rings is 1. The summed E-state index contributed by atoms with van der Waals surface area (Å²) in [4.78, 5) is 0. The van der Waals surface area contributed by atoms with Crippen LogP contribution < -0.4 is 5.32 Å². The Labute approximate surface area is 70.9 Å². The molecule has 0 saturated heterocycles. The molecule has 0 spiro atoms. The fourth-order valence-corrected chi connectivity index (χ4v) is 0.653. The summed E-state index contributed by atoms with van der Waals surface area (Å²) in [5, 5.41) is 13.9. The maximum atomic E-state index is 5.34. The maximum absolute atomic E-state index is 5.34. The molecule has 0 bridgehead atoms. The summed E-state index contributed by atoms with van der Waals surface area (Å²) in [5.74, 6) is 0.720. The van der Waals surface area contributed by atoms with Gasteiger partial charge in [0.15, 0.2) is 5.82 Å². The Kier molecular flexibility index (Phi) is 3.12. The van der Waals surface area contributed by atoms with Crippen LogP contribution in [0, 0.1) is 0 Å². The fraction of sp³-hybridized carbons (Fsp3) is 0.833. The summed E-state index contributed by atoms with van der Waals surface area (Å²) >= 11 is 0. The lowest BCUT2D eigenvalue weighted by Gasteiger charge is -2.09. The number of rotatable bonds is 4. The molecule has 12 heavy (non-hydrogen) atoms. The molecule has 0 aliphatic heterocycles. The van der Waals surface area contributed by atoms with Crippen LogP contribution in [0.5, 0.6) is 0 Å². The van der Waals surface area contributed by atoms with Crippen LogP contribution in [0.15, 0.2) is 0 Å². The minimum Gasteiger partial charge on any atom is -0.356 e. The van der Waals surface area contributed by atoms with E-state index in [4.69, 9.17) is 4.74 Å². The fourth-order valence-electron chi connectivity index (χ4n) is 0.653. The minimum atomic E-state index is 0.0155. The molecule has 1 aromatic rings. The van der Waals surface area contributed by atoms with Crippen molar-refractivity contribution in [1.82, 2.24) is 25.5 Å². The number of hydrogen-bond acceptors (Lipinski definition) is 5. The molecular formula is C6H13N5O. The van der Waals surface area contributed by atoms with E-state index in [-0.39, 0.29) is 6.23 Å². The highest BCUT2D eigenvalue weighted by molar-refractivity contribution is 4.74. The first kappa shape index (κ1) is 9.08. The van der Waals surface area contributed by atoms with Crippen molar-refractivity contribution < 1.29 is 4.74 Å². The summed E-state index contributed by atoms with van der Waals surface area (Å²) in [6, 6.07) is 0. The highest BCUT2D eigenvalue weighted by Gasteiger charge is 2.03. The summed E-state index contributed by atoms with van der Waals surface area (Å²) in [5.41, 5.74) is 0. The largest absolute Gasteiger partial charge is 0.356 e. The Hall–Kier alpha value is -1.01. The Balaban J connectivity index is 2.38. The summed E-state index contributed by atoms with van der Waals surface area (Å²) in [6.07, 6.45) is 0.0155. The first-order valence-corrected chi connectivity index (χ1v) is 3.74. The van der Waals surface area contributed by atoms with Crippen LogP contribution in [0.2, 0.25) is 0 Å². The Bertz CT molecular complexity index is 236. The van der Waals surface area contributed by atoms with Gasteiger partial charge in [0.25, 0.3) is 0 Å². The summed E-state index contributed by atoms with van der Waals surface area (Å²) in [7, 11) is 3.61. The van der Waals surface area contributed by atoms with Gasteiger partial charge in [-0.05, 0) is 24.4 Å². The van der Waals surface area contributed by atoms with Crippen molar-refractivity contribution in [3.05, 3.63) is 5.82 Å². The predicted molar refractivity (Wildman–Crippen MR) is 42.1 cm³/mol. The van der Waals surface area contributed by atoms with Gasteiger partial charge in [0, 0.05) is 7.05 Å². The third-order valence-electron chi connectivity index (χ3n) is 1.58. The van der Waals surface area contributed by atoms with E-state index in [0.29, 0.717) is 6.61 Å². The Morgan fingerprint density at radius 1 is 1.67 bits per heavy atom. The summed E-state index contributed by atoms with van der Waals surface area (Å²) < 4.78 is 6.93. The van der Waals surface area contributed by atoms with Crippen molar-refractivity contribution in [1.29, 1.82) is 0 Å². The van der Waals surface area contributed by atoms with E-state index in [0.717, 1.165) is 5.82 Å². The zero-order chi connectivity index (χ0) is 8.97. The molecule has 1 atom stereocenters. The number of aryl methyl sites for hydroxylation is 1. The maximum Gasteiger partial charge on any atom is 0.176 e. The van der Waals surface area contributed by atoms with Gasteiger partial charge < -0.3 is 4.74 Å². The van der Waals surface area contributed by atoms with Gasteiger partial charge in [-0.15, -0.1) is 5.10 Å². The molecule has 0 aromatic carbocycles. The molecule has 0 radical (unpaired) electrons. The van der Waals surface area contributed by atoms with Gasteiger partial charge in [-0.3, -0.25) is 5.32 Å². The average molecular weight is 171 g/mol. The first-order chi connectivity index (χ1) is 5.74. The van der Waals surface area contributed by atoms with Gasteiger partial charge in [-0.1, -0.05) is 0 Å². The molecule has 6 nitrogen and oxygen atoms in total. The van der Waals surface area contributed by atoms with Crippen molar-refractivity contribution in [3.63, 3.8) is 0 Å². The standard InChI is InChI=1S/C6H13N5O/c1-5(7-2)12-4-6-8-9-10-11(6)3/h5,7H,4H2,1-3H3. The predicted octanol–water partition coefficient (Wildman–Crippen LogP) is -0.708. The molecule has 68 valence electrons. The highest BCUT2D eigenvalue weighted by Crippen LogP contribution is 1.94. The van der Waals surface area contributed by atoms with Crippen molar-refractivity contribution in [2.24, 2.45) is 7.05 Å². The van der Waals surface area contributed by atoms with Crippen molar-refractivity contribution in [2.75, 3.05) is 7.05 Å².